The number of halogens is 1. The van der Waals surface area contributed by atoms with Gasteiger partial charge in [-0.25, -0.2) is 17.5 Å². The van der Waals surface area contributed by atoms with E-state index in [4.69, 9.17) is 11.6 Å². The lowest BCUT2D eigenvalue weighted by Crippen LogP contribution is -2.48. The molecule has 1 unspecified atom stereocenters. The molecule has 2 rings (SSSR count). The van der Waals surface area contributed by atoms with E-state index in [0.717, 1.165) is 10.7 Å². The van der Waals surface area contributed by atoms with Crippen LogP contribution in [0.5, 0.6) is 0 Å². The van der Waals surface area contributed by atoms with Crippen LogP contribution in [-0.2, 0) is 14.8 Å². The predicted molar refractivity (Wildman–Crippen MR) is 88.6 cm³/mol. The highest BCUT2D eigenvalue weighted by atomic mass is 35.5. The van der Waals surface area contributed by atoms with E-state index in [0.29, 0.717) is 19.4 Å². The maximum absolute atomic E-state index is 12.8. The van der Waals surface area contributed by atoms with E-state index in [9.17, 15) is 23.1 Å². The van der Waals surface area contributed by atoms with Gasteiger partial charge in [-0.15, -0.1) is 0 Å². The van der Waals surface area contributed by atoms with Crippen molar-refractivity contribution in [1.82, 2.24) is 9.21 Å². The lowest BCUT2D eigenvalue weighted by atomic mass is 10.0. The first-order valence-corrected chi connectivity index (χ1v) is 9.24. The number of carbonyl (C=O) groups is 2. The van der Waals surface area contributed by atoms with Crippen molar-refractivity contribution < 1.29 is 23.1 Å². The molecule has 1 aromatic rings. The summed E-state index contributed by atoms with van der Waals surface area (Å²) in [6.45, 7) is 0.302. The van der Waals surface area contributed by atoms with Gasteiger partial charge < -0.3 is 10.0 Å². The number of carboxylic acids is 1. The van der Waals surface area contributed by atoms with E-state index in [1.54, 1.807) is 0 Å². The van der Waals surface area contributed by atoms with Crippen LogP contribution in [0, 0.1) is 0 Å². The SMILES string of the molecule is CN(C)S(=O)(=O)c1ccc(Cl)c(C(=O)N2CCCCC2C(=O)O)c1. The Morgan fingerprint density at radius 3 is 2.54 bits per heavy atom. The van der Waals surface area contributed by atoms with Crippen molar-refractivity contribution in [2.45, 2.75) is 30.2 Å². The Morgan fingerprint density at radius 1 is 1.29 bits per heavy atom. The van der Waals surface area contributed by atoms with Crippen LogP contribution in [-0.4, -0.2) is 61.3 Å². The van der Waals surface area contributed by atoms with E-state index >= 15 is 0 Å². The minimum absolute atomic E-state index is 0.00672. The van der Waals surface area contributed by atoms with Crippen LogP contribution < -0.4 is 0 Å². The number of hydrogen-bond donors (Lipinski definition) is 1. The molecule has 0 radical (unpaired) electrons. The summed E-state index contributed by atoms with van der Waals surface area (Å²) in [5.74, 6) is -1.64. The number of nitrogens with zero attached hydrogens (tertiary/aromatic N) is 2. The van der Waals surface area contributed by atoms with Crippen molar-refractivity contribution in [2.75, 3.05) is 20.6 Å². The van der Waals surface area contributed by atoms with Crippen LogP contribution in [0.2, 0.25) is 5.02 Å². The zero-order valence-corrected chi connectivity index (χ0v) is 15.0. The molecule has 1 aromatic carbocycles. The van der Waals surface area contributed by atoms with Gasteiger partial charge in [-0.05, 0) is 37.5 Å². The molecule has 1 aliphatic heterocycles. The van der Waals surface area contributed by atoms with E-state index in [2.05, 4.69) is 0 Å². The molecule has 7 nitrogen and oxygen atoms in total. The molecule has 24 heavy (non-hydrogen) atoms. The van der Waals surface area contributed by atoms with Gasteiger partial charge >= 0.3 is 5.97 Å². The molecule has 0 saturated carbocycles. The van der Waals surface area contributed by atoms with Crippen LogP contribution in [0.25, 0.3) is 0 Å². The number of hydrogen-bond acceptors (Lipinski definition) is 4. The number of sulfonamides is 1. The van der Waals surface area contributed by atoms with E-state index < -0.39 is 27.9 Å². The molecule has 0 bridgehead atoms. The topological polar surface area (TPSA) is 95.0 Å². The molecule has 1 amide bonds. The van der Waals surface area contributed by atoms with Gasteiger partial charge in [-0.2, -0.15) is 0 Å². The van der Waals surface area contributed by atoms with Gasteiger partial charge in [0.25, 0.3) is 5.91 Å². The molecular weight excluding hydrogens is 356 g/mol. The highest BCUT2D eigenvalue weighted by Crippen LogP contribution is 2.26. The number of rotatable bonds is 4. The van der Waals surface area contributed by atoms with Crippen LogP contribution in [0.1, 0.15) is 29.6 Å². The molecule has 1 saturated heterocycles. The van der Waals surface area contributed by atoms with Crippen molar-refractivity contribution in [3.8, 4) is 0 Å². The van der Waals surface area contributed by atoms with E-state index in [1.807, 2.05) is 0 Å². The minimum Gasteiger partial charge on any atom is -0.480 e. The van der Waals surface area contributed by atoms with Crippen molar-refractivity contribution in [3.63, 3.8) is 0 Å². The molecule has 1 heterocycles. The van der Waals surface area contributed by atoms with Crippen molar-refractivity contribution >= 4 is 33.5 Å². The lowest BCUT2D eigenvalue weighted by molar-refractivity contribution is -0.143. The zero-order valence-electron chi connectivity index (χ0n) is 13.4. The third-order valence-electron chi connectivity index (χ3n) is 4.00. The van der Waals surface area contributed by atoms with E-state index in [1.165, 1.54) is 37.2 Å². The molecule has 0 aliphatic carbocycles. The molecular formula is C15H19ClN2O5S. The summed E-state index contributed by atoms with van der Waals surface area (Å²) in [5, 5.41) is 9.39. The first kappa shape index (κ1) is 18.7. The number of carboxylic acid groups (broad SMARTS) is 1. The molecule has 1 aliphatic rings. The summed E-state index contributed by atoms with van der Waals surface area (Å²) in [6.07, 6.45) is 1.79. The molecule has 1 atom stereocenters. The lowest BCUT2D eigenvalue weighted by Gasteiger charge is -2.33. The standard InChI is InChI=1S/C15H19ClN2O5S/c1-17(2)24(22,23)10-6-7-12(16)11(9-10)14(19)18-8-4-3-5-13(18)15(20)21/h6-7,9,13H,3-5,8H2,1-2H3,(H,20,21). The minimum atomic E-state index is -3.72. The molecule has 132 valence electrons. The summed E-state index contributed by atoms with van der Waals surface area (Å²) in [6, 6.07) is 2.94. The first-order chi connectivity index (χ1) is 11.2. The van der Waals surface area contributed by atoms with Crippen molar-refractivity contribution in [1.29, 1.82) is 0 Å². The number of piperidine rings is 1. The Kier molecular flexibility index (Phi) is 5.52. The summed E-state index contributed by atoms with van der Waals surface area (Å²) in [7, 11) is -0.952. The summed E-state index contributed by atoms with van der Waals surface area (Å²) in [4.78, 5) is 25.3. The van der Waals surface area contributed by atoms with E-state index in [-0.39, 0.29) is 15.5 Å². The smallest absolute Gasteiger partial charge is 0.326 e. The fourth-order valence-electron chi connectivity index (χ4n) is 2.63. The second-order valence-corrected chi connectivity index (χ2v) is 8.34. The second-order valence-electron chi connectivity index (χ2n) is 5.78. The third-order valence-corrected chi connectivity index (χ3v) is 6.14. The van der Waals surface area contributed by atoms with Gasteiger partial charge in [-0.3, -0.25) is 4.79 Å². The maximum atomic E-state index is 12.8. The highest BCUT2D eigenvalue weighted by Gasteiger charge is 2.33. The third kappa shape index (κ3) is 3.55. The molecule has 0 spiro atoms. The molecule has 1 N–H and O–H groups in total. The quantitative estimate of drug-likeness (QED) is 0.864. The average Bonchev–Trinajstić information content (AvgIpc) is 2.54. The van der Waals surface area contributed by atoms with Crippen LogP contribution in [0.15, 0.2) is 23.1 Å². The summed E-state index contributed by atoms with van der Waals surface area (Å²) in [5.41, 5.74) is -0.00672. The second kappa shape index (κ2) is 7.08. The Balaban J connectivity index is 2.44. The number of aliphatic carboxylic acids is 1. The largest absolute Gasteiger partial charge is 0.480 e. The number of amides is 1. The summed E-state index contributed by atoms with van der Waals surface area (Å²) < 4.78 is 25.5. The fourth-order valence-corrected chi connectivity index (χ4v) is 3.75. The average molecular weight is 375 g/mol. The van der Waals surface area contributed by atoms with Gasteiger partial charge in [0.2, 0.25) is 10.0 Å². The van der Waals surface area contributed by atoms with Crippen LogP contribution in [0.3, 0.4) is 0 Å². The van der Waals surface area contributed by atoms with Gasteiger partial charge in [0.15, 0.2) is 0 Å². The highest BCUT2D eigenvalue weighted by molar-refractivity contribution is 7.89. The number of benzene rings is 1. The Bertz CT molecular complexity index is 763. The van der Waals surface area contributed by atoms with Crippen molar-refractivity contribution in [2.24, 2.45) is 0 Å². The summed E-state index contributed by atoms with van der Waals surface area (Å²) >= 11 is 6.06. The normalized spacial score (nSPS) is 18.7. The predicted octanol–water partition coefficient (Wildman–Crippen LogP) is 1.67. The Hall–Kier alpha value is -1.64. The zero-order chi connectivity index (χ0) is 18.1. The number of carbonyl (C=O) groups excluding carboxylic acids is 1. The van der Waals surface area contributed by atoms with Gasteiger partial charge in [-0.1, -0.05) is 11.6 Å². The van der Waals surface area contributed by atoms with Gasteiger partial charge in [0.05, 0.1) is 15.5 Å². The van der Waals surface area contributed by atoms with Crippen LogP contribution in [0.4, 0.5) is 0 Å². The first-order valence-electron chi connectivity index (χ1n) is 7.42. The maximum Gasteiger partial charge on any atom is 0.326 e. The number of likely N-dealkylation sites (tertiary alicyclic amines) is 1. The van der Waals surface area contributed by atoms with Crippen LogP contribution >= 0.6 is 11.6 Å². The Morgan fingerprint density at radius 2 is 1.96 bits per heavy atom. The van der Waals surface area contributed by atoms with Gasteiger partial charge in [0, 0.05) is 20.6 Å². The Labute approximate surface area is 145 Å². The molecule has 0 aromatic heterocycles. The molecule has 9 heteroatoms. The molecule has 1 fully saturated rings. The monoisotopic (exact) mass is 374 g/mol. The van der Waals surface area contributed by atoms with Gasteiger partial charge in [0.1, 0.15) is 6.04 Å². The van der Waals surface area contributed by atoms with Crippen molar-refractivity contribution in [3.05, 3.63) is 28.8 Å². The fraction of sp³-hybridized carbons (Fsp3) is 0.467.